The Labute approximate surface area is 436 Å². The first-order chi connectivity index (χ1) is 35.2. The summed E-state index contributed by atoms with van der Waals surface area (Å²) < 4.78 is 55.8. The molecule has 29 unspecified atom stereocenters. The van der Waals surface area contributed by atoms with E-state index in [1.54, 1.807) is 0 Å². The van der Waals surface area contributed by atoms with Crippen LogP contribution in [0.3, 0.4) is 0 Å². The normalized spacial score (nSPS) is 57.5. The number of aliphatic carboxylic acids is 1. The molecular weight excluding hydrogens is 993 g/mol. The molecule has 0 aromatic carbocycles. The van der Waals surface area contributed by atoms with Crippen molar-refractivity contribution in [3.05, 3.63) is 0 Å². The second-order valence-corrected chi connectivity index (χ2v) is 25.9. The van der Waals surface area contributed by atoms with Gasteiger partial charge in [0.1, 0.15) is 85.5 Å². The van der Waals surface area contributed by atoms with Crippen molar-refractivity contribution in [2.75, 3.05) is 33.0 Å². The van der Waals surface area contributed by atoms with Crippen LogP contribution < -0.4 is 0 Å². The molecule has 23 heteroatoms. The van der Waals surface area contributed by atoms with Crippen molar-refractivity contribution < 1.29 is 114 Å². The Morgan fingerprint density at radius 3 is 1.85 bits per heavy atom. The van der Waals surface area contributed by atoms with E-state index in [9.17, 15) is 71.2 Å². The average Bonchev–Trinajstić information content (AvgIpc) is 3.86. The lowest BCUT2D eigenvalue weighted by Crippen LogP contribution is -2.74. The molecule has 2 bridgehead atoms. The quantitative estimate of drug-likeness (QED) is 0.0995. The van der Waals surface area contributed by atoms with Crippen LogP contribution in [0.5, 0.6) is 0 Å². The minimum Gasteiger partial charge on any atom is -0.481 e. The number of hydrogen-bond acceptors (Lipinski definition) is 22. The topological polar surface area (TPSA) is 363 Å². The molecule has 5 saturated carbocycles. The molecule has 29 atom stereocenters. The first-order valence-electron chi connectivity index (χ1n) is 27.2. The summed E-state index contributed by atoms with van der Waals surface area (Å²) in [6.45, 7) is 11.2. The van der Waals surface area contributed by atoms with Gasteiger partial charge in [-0.25, -0.2) is 0 Å². The Bertz CT molecular complexity index is 2070. The van der Waals surface area contributed by atoms with Gasteiger partial charge in [-0.2, -0.15) is 0 Å². The highest BCUT2D eigenvalue weighted by atomic mass is 16.8. The van der Waals surface area contributed by atoms with E-state index in [0.717, 1.165) is 32.1 Å². The summed E-state index contributed by atoms with van der Waals surface area (Å²) in [5.74, 6) is -0.601. The summed E-state index contributed by atoms with van der Waals surface area (Å²) in [7, 11) is 0. The van der Waals surface area contributed by atoms with E-state index < -0.39 is 182 Å². The van der Waals surface area contributed by atoms with Gasteiger partial charge in [-0.15, -0.1) is 0 Å². The summed E-state index contributed by atoms with van der Waals surface area (Å²) >= 11 is 0. The van der Waals surface area contributed by atoms with Crippen LogP contribution >= 0.6 is 0 Å². The number of carboxylic acid groups (broad SMARTS) is 1. The van der Waals surface area contributed by atoms with Crippen LogP contribution in [-0.2, 0) is 47.4 Å². The fourth-order valence-corrected chi connectivity index (χ4v) is 17.4. The Balaban J connectivity index is 0.901. The highest BCUT2D eigenvalue weighted by Gasteiger charge is 2.80. The van der Waals surface area contributed by atoms with Gasteiger partial charge in [0, 0.05) is 10.8 Å². The summed E-state index contributed by atoms with van der Waals surface area (Å²) in [6.07, 6.45) is -24.6. The Morgan fingerprint density at radius 1 is 0.560 bits per heavy atom. The van der Waals surface area contributed by atoms with Crippen LogP contribution in [0.15, 0.2) is 0 Å². The van der Waals surface area contributed by atoms with Crippen molar-refractivity contribution in [2.24, 2.45) is 50.2 Å². The Morgan fingerprint density at radius 2 is 1.17 bits per heavy atom. The maximum Gasteiger partial charge on any atom is 0.309 e. The predicted octanol–water partition coefficient (Wildman–Crippen LogP) is -2.01. The maximum absolute atomic E-state index is 12.8. The molecule has 0 amide bonds. The SMILES string of the molecule is CC1(C(=O)O)CCC23COC4(CCC5C6(C)CCC(OC7OCC(OC8OC(CO)C(O)C(O)C8OC8OCC(O)C(O)C8O)C(O)C7OC7OC(CO)C(O)C(O)C7O)C(C)(C)C6CCC5(C)C4(C)CC2O)C3C1. The predicted molar refractivity (Wildman–Crippen MR) is 252 cm³/mol. The van der Waals surface area contributed by atoms with Crippen LogP contribution in [0.1, 0.15) is 106 Å². The van der Waals surface area contributed by atoms with E-state index in [2.05, 4.69) is 34.6 Å². The fourth-order valence-electron chi connectivity index (χ4n) is 17.4. The lowest BCUT2D eigenvalue weighted by molar-refractivity contribution is -0.392. The van der Waals surface area contributed by atoms with E-state index in [-0.39, 0.29) is 28.6 Å². The van der Waals surface area contributed by atoms with Gasteiger partial charge >= 0.3 is 5.97 Å². The Kier molecular flexibility index (Phi) is 15.1. The van der Waals surface area contributed by atoms with Crippen molar-refractivity contribution in [1.82, 2.24) is 0 Å². The monoisotopic (exact) mass is 1080 g/mol. The van der Waals surface area contributed by atoms with Crippen LogP contribution in [0.25, 0.3) is 0 Å². The summed E-state index contributed by atoms with van der Waals surface area (Å²) in [6, 6.07) is 0. The average molecular weight is 1080 g/mol. The first-order valence-corrected chi connectivity index (χ1v) is 27.2. The summed E-state index contributed by atoms with van der Waals surface area (Å²) in [4.78, 5) is 12.8. The van der Waals surface area contributed by atoms with Crippen molar-refractivity contribution in [3.63, 3.8) is 0 Å². The molecule has 10 aliphatic rings. The van der Waals surface area contributed by atoms with E-state index in [1.165, 1.54) is 0 Å². The van der Waals surface area contributed by atoms with Crippen LogP contribution in [0.2, 0.25) is 0 Å². The number of rotatable bonds is 11. The van der Waals surface area contributed by atoms with Gasteiger partial charge in [0.2, 0.25) is 0 Å². The molecular formula is C52H84O23. The zero-order valence-electron chi connectivity index (χ0n) is 43.8. The minimum absolute atomic E-state index is 0.0913. The highest BCUT2D eigenvalue weighted by molar-refractivity contribution is 5.74. The zero-order chi connectivity index (χ0) is 54.3. The van der Waals surface area contributed by atoms with E-state index in [1.807, 2.05) is 6.92 Å². The Hall–Kier alpha value is -1.37. The molecule has 5 aliphatic heterocycles. The highest BCUT2D eigenvalue weighted by Crippen LogP contribution is 2.80. The summed E-state index contributed by atoms with van der Waals surface area (Å²) in [5.41, 5.74) is -3.48. The van der Waals surface area contributed by atoms with Gasteiger partial charge < -0.3 is 109 Å². The van der Waals surface area contributed by atoms with Crippen molar-refractivity contribution in [3.8, 4) is 0 Å². The first kappa shape index (κ1) is 56.9. The number of aliphatic hydroxyl groups excluding tert-OH is 12. The molecule has 430 valence electrons. The third kappa shape index (κ3) is 8.49. The number of carboxylic acids is 1. The molecule has 75 heavy (non-hydrogen) atoms. The summed E-state index contributed by atoms with van der Waals surface area (Å²) in [5, 5.41) is 141. The fraction of sp³-hybridized carbons (Fsp3) is 0.981. The van der Waals surface area contributed by atoms with E-state index in [4.69, 9.17) is 42.6 Å². The van der Waals surface area contributed by atoms with Gasteiger partial charge in [0.05, 0.1) is 56.3 Å². The van der Waals surface area contributed by atoms with E-state index in [0.29, 0.717) is 38.7 Å². The van der Waals surface area contributed by atoms with Crippen molar-refractivity contribution in [2.45, 2.75) is 234 Å². The lowest BCUT2D eigenvalue weighted by atomic mass is 9.30. The molecule has 10 rings (SSSR count). The molecule has 0 radical (unpaired) electrons. The second-order valence-electron chi connectivity index (χ2n) is 25.9. The molecule has 5 heterocycles. The third-order valence-corrected chi connectivity index (χ3v) is 22.1. The number of carbonyl (C=O) groups is 1. The van der Waals surface area contributed by atoms with Crippen molar-refractivity contribution >= 4 is 5.97 Å². The zero-order valence-corrected chi connectivity index (χ0v) is 43.8. The molecule has 5 aliphatic carbocycles. The van der Waals surface area contributed by atoms with Gasteiger partial charge in [-0.1, -0.05) is 34.6 Å². The molecule has 1 spiro atoms. The molecule has 0 aromatic rings. The van der Waals surface area contributed by atoms with E-state index >= 15 is 0 Å². The van der Waals surface area contributed by atoms with Crippen molar-refractivity contribution in [1.29, 1.82) is 0 Å². The minimum atomic E-state index is -1.90. The van der Waals surface area contributed by atoms with Gasteiger partial charge in [-0.05, 0) is 105 Å². The van der Waals surface area contributed by atoms with Gasteiger partial charge in [0.25, 0.3) is 0 Å². The largest absolute Gasteiger partial charge is 0.481 e. The standard InChI is InChI=1S/C52H84O23/c1-46(2)26-7-11-49(5)27(8-12-52-28-15-47(3,45(65)66)13-14-51(28,21-69-52)29(56)16-50(49,52)6)48(26,4)10-9-30(46)73-43-39(75-42-38(64)35(61)32(58)23(17-53)70-42)34(60)25(20-68-43)72-44-40(36(62)33(59)24(18-54)71-44)74-41-37(63)31(57)22(55)19-67-41/h22-44,53-64H,7-21H2,1-6H3,(H,65,66). The maximum atomic E-state index is 12.8. The number of aliphatic hydroxyl groups is 12. The number of ether oxygens (including phenoxy) is 9. The van der Waals surface area contributed by atoms with Crippen LogP contribution in [0, 0.1) is 50.2 Å². The third-order valence-electron chi connectivity index (χ3n) is 22.1. The van der Waals surface area contributed by atoms with Crippen LogP contribution in [0.4, 0.5) is 0 Å². The van der Waals surface area contributed by atoms with Gasteiger partial charge in [0.15, 0.2) is 25.2 Å². The molecule has 5 saturated heterocycles. The molecule has 0 aromatic heterocycles. The smallest absolute Gasteiger partial charge is 0.309 e. The molecule has 10 fully saturated rings. The molecule has 13 N–H and O–H groups in total. The lowest BCUT2D eigenvalue weighted by Gasteiger charge is -2.75. The number of hydrogen-bond donors (Lipinski definition) is 13. The number of fused-ring (bicyclic) bond motifs is 4. The molecule has 23 nitrogen and oxygen atoms in total. The van der Waals surface area contributed by atoms with Gasteiger partial charge in [-0.3, -0.25) is 4.79 Å². The second kappa shape index (κ2) is 20.0. The van der Waals surface area contributed by atoms with Crippen LogP contribution in [-0.4, -0.2) is 234 Å².